The average Bonchev–Trinajstić information content (AvgIpc) is 2.95. The minimum Gasteiger partial charge on any atom is -0.384 e. The van der Waals surface area contributed by atoms with E-state index >= 15 is 0 Å². The van der Waals surface area contributed by atoms with Crippen LogP contribution in [-0.4, -0.2) is 27.2 Å². The molecule has 0 saturated carbocycles. The van der Waals surface area contributed by atoms with Gasteiger partial charge in [-0.1, -0.05) is 11.6 Å². The Morgan fingerprint density at radius 3 is 2.90 bits per heavy atom. The van der Waals surface area contributed by atoms with E-state index < -0.39 is 6.04 Å². The van der Waals surface area contributed by atoms with Gasteiger partial charge in [0, 0.05) is 11.6 Å². The van der Waals surface area contributed by atoms with Gasteiger partial charge in [-0.2, -0.15) is 5.10 Å². The molecule has 6 nitrogen and oxygen atoms in total. The monoisotopic (exact) mass is 293 g/mol. The predicted octanol–water partition coefficient (Wildman–Crippen LogP) is 2.56. The second-order valence-electron chi connectivity index (χ2n) is 4.26. The molecule has 1 atom stereocenters. The van der Waals surface area contributed by atoms with E-state index in [1.807, 2.05) is 13.0 Å². The number of aromatic nitrogens is 3. The number of benzene rings is 1. The number of carbonyl (C=O) groups is 1. The van der Waals surface area contributed by atoms with E-state index in [1.54, 1.807) is 19.1 Å². The van der Waals surface area contributed by atoms with E-state index in [-0.39, 0.29) is 5.91 Å². The van der Waals surface area contributed by atoms with Crippen LogP contribution in [0.5, 0.6) is 0 Å². The molecule has 1 aromatic heterocycles. The number of amides is 1. The van der Waals surface area contributed by atoms with Gasteiger partial charge in [0.25, 0.3) is 0 Å². The summed E-state index contributed by atoms with van der Waals surface area (Å²) in [6.45, 7) is 4.49. The second kappa shape index (κ2) is 6.38. The summed E-state index contributed by atoms with van der Waals surface area (Å²) in [5, 5.41) is 10.5. The van der Waals surface area contributed by atoms with Crippen molar-refractivity contribution in [3.63, 3.8) is 0 Å². The predicted molar refractivity (Wildman–Crippen MR) is 79.0 cm³/mol. The van der Waals surface area contributed by atoms with Gasteiger partial charge in [0.05, 0.1) is 11.4 Å². The molecule has 106 valence electrons. The van der Waals surface area contributed by atoms with Crippen molar-refractivity contribution in [1.29, 1.82) is 0 Å². The first-order chi connectivity index (χ1) is 9.61. The van der Waals surface area contributed by atoms with E-state index in [1.165, 1.54) is 17.3 Å². The van der Waals surface area contributed by atoms with Crippen molar-refractivity contribution in [1.82, 2.24) is 14.8 Å². The molecular formula is C13H16ClN5O. The number of nitrogens with one attached hydrogen (secondary N) is 2. The number of nitrogens with zero attached hydrogens (tertiary/aromatic N) is 3. The first-order valence-corrected chi connectivity index (χ1v) is 6.68. The zero-order valence-corrected chi connectivity index (χ0v) is 12.1. The van der Waals surface area contributed by atoms with Gasteiger partial charge < -0.3 is 10.6 Å². The minimum atomic E-state index is -0.453. The summed E-state index contributed by atoms with van der Waals surface area (Å²) in [5.74, 6) is -0.183. The Morgan fingerprint density at radius 1 is 1.45 bits per heavy atom. The lowest BCUT2D eigenvalue weighted by molar-refractivity contribution is -0.119. The minimum absolute atomic E-state index is 0.183. The highest BCUT2D eigenvalue weighted by Crippen LogP contribution is 2.26. The van der Waals surface area contributed by atoms with Crippen LogP contribution >= 0.6 is 11.6 Å². The zero-order chi connectivity index (χ0) is 14.5. The summed E-state index contributed by atoms with van der Waals surface area (Å²) in [6, 6.07) is 4.87. The van der Waals surface area contributed by atoms with E-state index in [4.69, 9.17) is 11.6 Å². The normalized spacial score (nSPS) is 11.9. The third-order valence-electron chi connectivity index (χ3n) is 2.82. The molecule has 0 aliphatic rings. The maximum atomic E-state index is 12.2. The highest BCUT2D eigenvalue weighted by atomic mass is 35.5. The fraction of sp³-hybridized carbons (Fsp3) is 0.308. The Kier molecular flexibility index (Phi) is 4.57. The number of rotatable bonds is 5. The summed E-state index contributed by atoms with van der Waals surface area (Å²) in [5.41, 5.74) is 1.48. The summed E-state index contributed by atoms with van der Waals surface area (Å²) < 4.78 is 1.49. The molecule has 7 heteroatoms. The van der Waals surface area contributed by atoms with Crippen molar-refractivity contribution < 1.29 is 4.79 Å². The molecule has 0 radical (unpaired) electrons. The third-order valence-corrected chi connectivity index (χ3v) is 3.05. The van der Waals surface area contributed by atoms with Crippen LogP contribution in [0.2, 0.25) is 5.02 Å². The van der Waals surface area contributed by atoms with Gasteiger partial charge in [-0.25, -0.2) is 9.67 Å². The number of hydrogen-bond donors (Lipinski definition) is 2. The lowest BCUT2D eigenvalue weighted by Crippen LogP contribution is -2.24. The van der Waals surface area contributed by atoms with Crippen molar-refractivity contribution in [2.75, 3.05) is 17.2 Å². The quantitative estimate of drug-likeness (QED) is 0.889. The van der Waals surface area contributed by atoms with Gasteiger partial charge >= 0.3 is 0 Å². The molecule has 1 aromatic carbocycles. The van der Waals surface area contributed by atoms with Crippen LogP contribution in [0.15, 0.2) is 30.9 Å². The molecule has 1 heterocycles. The summed E-state index contributed by atoms with van der Waals surface area (Å²) in [4.78, 5) is 16.0. The Hall–Kier alpha value is -2.08. The van der Waals surface area contributed by atoms with Crippen LogP contribution in [0, 0.1) is 0 Å². The molecule has 0 saturated heterocycles. The molecule has 1 amide bonds. The lowest BCUT2D eigenvalue weighted by Gasteiger charge is -2.15. The average molecular weight is 294 g/mol. The van der Waals surface area contributed by atoms with Crippen molar-refractivity contribution in [2.24, 2.45) is 0 Å². The molecule has 0 aliphatic carbocycles. The first kappa shape index (κ1) is 14.3. The van der Waals surface area contributed by atoms with Crippen LogP contribution in [0.4, 0.5) is 11.4 Å². The molecule has 2 N–H and O–H groups in total. The fourth-order valence-electron chi connectivity index (χ4n) is 1.74. The first-order valence-electron chi connectivity index (χ1n) is 6.30. The lowest BCUT2D eigenvalue weighted by atomic mass is 10.2. The van der Waals surface area contributed by atoms with Gasteiger partial charge in [-0.05, 0) is 32.0 Å². The topological polar surface area (TPSA) is 71.8 Å². The number of carbonyl (C=O) groups excluding carboxylic acids is 1. The number of halogens is 1. The Balaban J connectivity index is 2.16. The SMILES string of the molecule is CCNc1ccc(Cl)cc1NC(=O)[C@@H](C)n1cncn1. The highest BCUT2D eigenvalue weighted by molar-refractivity contribution is 6.31. The van der Waals surface area contributed by atoms with E-state index in [9.17, 15) is 4.79 Å². The van der Waals surface area contributed by atoms with Crippen LogP contribution < -0.4 is 10.6 Å². The molecule has 2 aromatic rings. The van der Waals surface area contributed by atoms with E-state index in [0.717, 1.165) is 12.2 Å². The Bertz CT molecular complexity index is 584. The molecule has 0 spiro atoms. The third kappa shape index (κ3) is 3.27. The van der Waals surface area contributed by atoms with Gasteiger partial charge in [0.15, 0.2) is 0 Å². The number of hydrogen-bond acceptors (Lipinski definition) is 4. The standard InChI is InChI=1S/C13H16ClN5O/c1-3-16-11-5-4-10(14)6-12(11)18-13(20)9(2)19-8-15-7-17-19/h4-9,16H,3H2,1-2H3,(H,18,20)/t9-/m1/s1. The molecule has 2 rings (SSSR count). The van der Waals surface area contributed by atoms with Crippen molar-refractivity contribution in [3.05, 3.63) is 35.9 Å². The molecule has 0 aliphatic heterocycles. The zero-order valence-electron chi connectivity index (χ0n) is 11.3. The smallest absolute Gasteiger partial charge is 0.249 e. The molecule has 0 fully saturated rings. The molecule has 20 heavy (non-hydrogen) atoms. The Labute approximate surface area is 122 Å². The van der Waals surface area contributed by atoms with Crippen molar-refractivity contribution in [2.45, 2.75) is 19.9 Å². The molecule has 0 bridgehead atoms. The van der Waals surface area contributed by atoms with Gasteiger partial charge in [-0.15, -0.1) is 0 Å². The summed E-state index contributed by atoms with van der Waals surface area (Å²) in [6.07, 6.45) is 2.90. The van der Waals surface area contributed by atoms with E-state index in [0.29, 0.717) is 10.7 Å². The van der Waals surface area contributed by atoms with Crippen molar-refractivity contribution >= 4 is 28.9 Å². The van der Waals surface area contributed by atoms with E-state index in [2.05, 4.69) is 20.7 Å². The number of anilines is 2. The summed E-state index contributed by atoms with van der Waals surface area (Å²) in [7, 11) is 0. The second-order valence-corrected chi connectivity index (χ2v) is 4.70. The van der Waals surface area contributed by atoms with Crippen LogP contribution in [0.25, 0.3) is 0 Å². The van der Waals surface area contributed by atoms with Crippen LogP contribution in [0.3, 0.4) is 0 Å². The van der Waals surface area contributed by atoms with Gasteiger partial charge in [0.2, 0.25) is 5.91 Å². The van der Waals surface area contributed by atoms with Crippen molar-refractivity contribution in [3.8, 4) is 0 Å². The molecular weight excluding hydrogens is 278 g/mol. The van der Waals surface area contributed by atoms with Gasteiger partial charge in [0.1, 0.15) is 18.7 Å². The highest BCUT2D eigenvalue weighted by Gasteiger charge is 2.17. The Morgan fingerprint density at radius 2 is 2.25 bits per heavy atom. The maximum absolute atomic E-state index is 12.2. The molecule has 0 unspecified atom stereocenters. The van der Waals surface area contributed by atoms with Crippen LogP contribution in [0.1, 0.15) is 19.9 Å². The van der Waals surface area contributed by atoms with Crippen LogP contribution in [-0.2, 0) is 4.79 Å². The van der Waals surface area contributed by atoms with Gasteiger partial charge in [-0.3, -0.25) is 4.79 Å². The summed E-state index contributed by atoms with van der Waals surface area (Å²) >= 11 is 5.97. The fourth-order valence-corrected chi connectivity index (χ4v) is 1.91. The maximum Gasteiger partial charge on any atom is 0.249 e. The largest absolute Gasteiger partial charge is 0.384 e.